The molecule has 1 aromatic carbocycles. The first-order chi connectivity index (χ1) is 10.8. The molecule has 1 aliphatic rings. The number of hydrogen-bond donors (Lipinski definition) is 0. The molecule has 0 radical (unpaired) electrons. The summed E-state index contributed by atoms with van der Waals surface area (Å²) in [5, 5.41) is 0. The first-order valence-corrected chi connectivity index (χ1v) is 8.62. The van der Waals surface area contributed by atoms with Gasteiger partial charge in [-0.2, -0.15) is 0 Å². The monoisotopic (exact) mass is 315 g/mol. The molecule has 1 fully saturated rings. The molecule has 0 aliphatic carbocycles. The topological polar surface area (TPSA) is 21.7 Å². The minimum atomic E-state index is -0.282. The van der Waals surface area contributed by atoms with Gasteiger partial charge in [-0.05, 0) is 51.9 Å². The van der Waals surface area contributed by atoms with E-state index in [0.29, 0.717) is 0 Å². The van der Waals surface area contributed by atoms with E-state index in [0.717, 1.165) is 19.6 Å². The summed E-state index contributed by atoms with van der Waals surface area (Å²) in [4.78, 5) is 2.41. The Bertz CT molecular complexity index is 517. The Labute approximate surface area is 141 Å². The fraction of sp³-hybridized carbons (Fsp3) is 0.579. The Morgan fingerprint density at radius 2 is 1.48 bits per heavy atom. The lowest BCUT2D eigenvalue weighted by Gasteiger charge is -2.32. The third-order valence-electron chi connectivity index (χ3n) is 5.00. The van der Waals surface area contributed by atoms with Crippen molar-refractivity contribution in [3.05, 3.63) is 41.4 Å². The van der Waals surface area contributed by atoms with Crippen LogP contribution in [0.2, 0.25) is 0 Å². The van der Waals surface area contributed by atoms with Gasteiger partial charge in [0.15, 0.2) is 0 Å². The Kier molecular flexibility index (Phi) is 5.72. The molecular weight excluding hydrogens is 285 g/mol. The van der Waals surface area contributed by atoms with Gasteiger partial charge in [0, 0.05) is 6.54 Å². The summed E-state index contributed by atoms with van der Waals surface area (Å²) in [7, 11) is -0.282. The average molecular weight is 315 g/mol. The second-order valence-corrected chi connectivity index (χ2v) is 7.19. The van der Waals surface area contributed by atoms with Crippen molar-refractivity contribution in [3.63, 3.8) is 0 Å². The SMILES string of the molecule is CCN(CC)Cc1ccc(/C=C/B2OC(C)(C)C(C)(C)O2)cc1. The van der Waals surface area contributed by atoms with E-state index in [9.17, 15) is 0 Å². The van der Waals surface area contributed by atoms with Crippen molar-refractivity contribution in [1.82, 2.24) is 4.90 Å². The molecule has 0 bridgehead atoms. The van der Waals surface area contributed by atoms with Crippen molar-refractivity contribution < 1.29 is 9.31 Å². The van der Waals surface area contributed by atoms with Crippen molar-refractivity contribution >= 4 is 13.2 Å². The Balaban J connectivity index is 1.96. The molecule has 0 spiro atoms. The third kappa shape index (κ3) is 4.47. The van der Waals surface area contributed by atoms with Crippen molar-refractivity contribution in [2.75, 3.05) is 13.1 Å². The van der Waals surface area contributed by atoms with E-state index in [1.54, 1.807) is 0 Å². The molecule has 0 unspecified atom stereocenters. The largest absolute Gasteiger partial charge is 0.487 e. The zero-order chi connectivity index (χ0) is 17.1. The van der Waals surface area contributed by atoms with Crippen LogP contribution in [0.15, 0.2) is 30.2 Å². The van der Waals surface area contributed by atoms with Crippen LogP contribution in [0.3, 0.4) is 0 Å². The van der Waals surface area contributed by atoms with E-state index >= 15 is 0 Å². The van der Waals surface area contributed by atoms with Gasteiger partial charge in [0.25, 0.3) is 0 Å². The van der Waals surface area contributed by atoms with Gasteiger partial charge in [0.05, 0.1) is 11.2 Å². The van der Waals surface area contributed by atoms with Gasteiger partial charge < -0.3 is 9.31 Å². The second kappa shape index (κ2) is 7.21. The number of nitrogens with zero attached hydrogens (tertiary/aromatic N) is 1. The molecule has 0 atom stereocenters. The van der Waals surface area contributed by atoms with Crippen LogP contribution in [-0.2, 0) is 15.9 Å². The van der Waals surface area contributed by atoms with Gasteiger partial charge in [0.2, 0.25) is 0 Å². The maximum absolute atomic E-state index is 5.98. The molecule has 126 valence electrons. The normalized spacial score (nSPS) is 19.9. The van der Waals surface area contributed by atoms with Gasteiger partial charge in [0.1, 0.15) is 0 Å². The van der Waals surface area contributed by atoms with E-state index in [-0.39, 0.29) is 18.3 Å². The highest BCUT2D eigenvalue weighted by atomic mass is 16.7. The highest BCUT2D eigenvalue weighted by Gasteiger charge is 2.49. The molecule has 1 aromatic rings. The lowest BCUT2D eigenvalue weighted by atomic mass is 9.89. The molecule has 0 aromatic heterocycles. The Hall–Kier alpha value is -1.10. The second-order valence-electron chi connectivity index (χ2n) is 7.19. The van der Waals surface area contributed by atoms with Gasteiger partial charge in [-0.1, -0.05) is 50.2 Å². The minimum Gasteiger partial charge on any atom is -0.400 e. The highest BCUT2D eigenvalue weighted by Crippen LogP contribution is 2.37. The zero-order valence-electron chi connectivity index (χ0n) is 15.4. The van der Waals surface area contributed by atoms with Crippen LogP contribution in [0.1, 0.15) is 52.7 Å². The van der Waals surface area contributed by atoms with Crippen molar-refractivity contribution in [1.29, 1.82) is 0 Å². The fourth-order valence-electron chi connectivity index (χ4n) is 2.60. The number of benzene rings is 1. The number of hydrogen-bond acceptors (Lipinski definition) is 3. The van der Waals surface area contributed by atoms with E-state index < -0.39 is 0 Å². The lowest BCUT2D eigenvalue weighted by Crippen LogP contribution is -2.41. The summed E-state index contributed by atoms with van der Waals surface area (Å²) in [6, 6.07) is 8.70. The van der Waals surface area contributed by atoms with Crippen molar-refractivity contribution in [3.8, 4) is 0 Å². The van der Waals surface area contributed by atoms with E-state index in [4.69, 9.17) is 9.31 Å². The maximum atomic E-state index is 5.98. The average Bonchev–Trinajstić information content (AvgIpc) is 2.71. The molecule has 23 heavy (non-hydrogen) atoms. The highest BCUT2D eigenvalue weighted by molar-refractivity contribution is 6.52. The Morgan fingerprint density at radius 1 is 0.957 bits per heavy atom. The smallest absolute Gasteiger partial charge is 0.400 e. The van der Waals surface area contributed by atoms with E-state index in [2.05, 4.69) is 76.8 Å². The predicted molar refractivity (Wildman–Crippen MR) is 98.2 cm³/mol. The molecule has 1 saturated heterocycles. The van der Waals surface area contributed by atoms with Gasteiger partial charge >= 0.3 is 7.12 Å². The maximum Gasteiger partial charge on any atom is 0.487 e. The van der Waals surface area contributed by atoms with Gasteiger partial charge in [-0.3, -0.25) is 4.90 Å². The van der Waals surface area contributed by atoms with Crippen LogP contribution in [0.5, 0.6) is 0 Å². The van der Waals surface area contributed by atoms with Crippen LogP contribution in [0.25, 0.3) is 6.08 Å². The Morgan fingerprint density at radius 3 is 1.96 bits per heavy atom. The van der Waals surface area contributed by atoms with Gasteiger partial charge in [-0.25, -0.2) is 0 Å². The van der Waals surface area contributed by atoms with E-state index in [1.165, 1.54) is 11.1 Å². The summed E-state index contributed by atoms with van der Waals surface area (Å²) in [5.74, 6) is 2.00. The molecule has 1 heterocycles. The minimum absolute atomic E-state index is 0.282. The molecule has 0 saturated carbocycles. The first-order valence-electron chi connectivity index (χ1n) is 8.62. The zero-order valence-corrected chi connectivity index (χ0v) is 15.4. The molecular formula is C19H30BNO2. The standard InChI is InChI=1S/C19H30BNO2/c1-7-21(8-2)15-17-11-9-16(10-12-17)13-14-20-22-18(3,4)19(5,6)23-20/h9-14H,7-8,15H2,1-6H3/b14-13+. The van der Waals surface area contributed by atoms with Crippen molar-refractivity contribution in [2.45, 2.75) is 59.3 Å². The lowest BCUT2D eigenvalue weighted by molar-refractivity contribution is 0.00578. The molecule has 3 nitrogen and oxygen atoms in total. The van der Waals surface area contributed by atoms with Crippen LogP contribution in [-0.4, -0.2) is 36.3 Å². The molecule has 0 N–H and O–H groups in total. The van der Waals surface area contributed by atoms with Crippen LogP contribution < -0.4 is 0 Å². The number of rotatable bonds is 6. The quantitative estimate of drug-likeness (QED) is 0.735. The molecule has 4 heteroatoms. The molecule has 0 amide bonds. The molecule has 2 rings (SSSR count). The van der Waals surface area contributed by atoms with E-state index in [1.807, 2.05) is 5.98 Å². The van der Waals surface area contributed by atoms with Crippen LogP contribution in [0.4, 0.5) is 0 Å². The summed E-state index contributed by atoms with van der Waals surface area (Å²) >= 11 is 0. The first kappa shape index (κ1) is 18.2. The third-order valence-corrected chi connectivity index (χ3v) is 5.00. The summed E-state index contributed by atoms with van der Waals surface area (Å²) in [6.45, 7) is 15.9. The van der Waals surface area contributed by atoms with Crippen LogP contribution in [0, 0.1) is 0 Å². The summed E-state index contributed by atoms with van der Waals surface area (Å²) in [5.41, 5.74) is 1.95. The fourth-order valence-corrected chi connectivity index (χ4v) is 2.60. The summed E-state index contributed by atoms with van der Waals surface area (Å²) < 4.78 is 12.0. The summed E-state index contributed by atoms with van der Waals surface area (Å²) in [6.07, 6.45) is 2.07. The van der Waals surface area contributed by atoms with Gasteiger partial charge in [-0.15, -0.1) is 0 Å². The van der Waals surface area contributed by atoms with Crippen molar-refractivity contribution in [2.24, 2.45) is 0 Å². The molecule has 1 aliphatic heterocycles. The predicted octanol–water partition coefficient (Wildman–Crippen LogP) is 4.17. The van der Waals surface area contributed by atoms with Crippen LogP contribution >= 0.6 is 0 Å².